The van der Waals surface area contributed by atoms with Crippen LogP contribution in [-0.2, 0) is 23.1 Å². The highest BCUT2D eigenvalue weighted by molar-refractivity contribution is 9.10. The summed E-state index contributed by atoms with van der Waals surface area (Å²) in [5.74, 6) is -0.317. The van der Waals surface area contributed by atoms with Crippen molar-refractivity contribution in [2.24, 2.45) is 0 Å². The van der Waals surface area contributed by atoms with E-state index in [4.69, 9.17) is 0 Å². The van der Waals surface area contributed by atoms with Crippen molar-refractivity contribution < 1.29 is 13.2 Å². The fraction of sp³-hybridized carbons (Fsp3) is 0.409. The molecular formula is C22H28BrN3O3S. The van der Waals surface area contributed by atoms with Gasteiger partial charge in [-0.25, -0.2) is 13.1 Å². The average molecular weight is 494 g/mol. The Hall–Kier alpha value is -1.74. The molecular weight excluding hydrogens is 466 g/mol. The van der Waals surface area contributed by atoms with Gasteiger partial charge in [0.25, 0.3) is 5.91 Å². The van der Waals surface area contributed by atoms with Crippen LogP contribution in [-0.4, -0.2) is 38.4 Å². The first-order chi connectivity index (χ1) is 14.3. The van der Waals surface area contributed by atoms with E-state index >= 15 is 0 Å². The van der Waals surface area contributed by atoms with Crippen LogP contribution in [0.5, 0.6) is 0 Å². The van der Waals surface area contributed by atoms with E-state index in [1.165, 1.54) is 17.7 Å². The molecule has 0 aromatic heterocycles. The van der Waals surface area contributed by atoms with Crippen LogP contribution in [0.2, 0.25) is 0 Å². The molecule has 3 rings (SSSR count). The normalized spacial score (nSPS) is 14.1. The van der Waals surface area contributed by atoms with Crippen LogP contribution in [0.25, 0.3) is 0 Å². The Morgan fingerprint density at radius 3 is 2.40 bits per heavy atom. The molecule has 1 aliphatic rings. The maximum Gasteiger partial charge on any atom is 0.252 e. The summed E-state index contributed by atoms with van der Waals surface area (Å²) in [7, 11) is -3.62. The van der Waals surface area contributed by atoms with Crippen molar-refractivity contribution in [3.05, 3.63) is 63.6 Å². The first kappa shape index (κ1) is 22.9. The number of nitrogens with zero attached hydrogens (tertiary/aromatic N) is 1. The van der Waals surface area contributed by atoms with E-state index in [1.54, 1.807) is 6.07 Å². The second kappa shape index (κ2) is 10.0. The Morgan fingerprint density at radius 2 is 1.77 bits per heavy atom. The van der Waals surface area contributed by atoms with Gasteiger partial charge in [-0.15, -0.1) is 0 Å². The van der Waals surface area contributed by atoms with Crippen LogP contribution in [0.3, 0.4) is 0 Å². The van der Waals surface area contributed by atoms with Crippen LogP contribution in [0, 0.1) is 0 Å². The van der Waals surface area contributed by atoms with Crippen molar-refractivity contribution in [2.75, 3.05) is 13.1 Å². The minimum atomic E-state index is -3.62. The molecule has 8 heteroatoms. The molecule has 1 saturated carbocycles. The van der Waals surface area contributed by atoms with Gasteiger partial charge in [-0.1, -0.05) is 38.1 Å². The molecule has 162 valence electrons. The van der Waals surface area contributed by atoms with Gasteiger partial charge in [0.1, 0.15) is 0 Å². The lowest BCUT2D eigenvalue weighted by Crippen LogP contribution is -2.28. The van der Waals surface area contributed by atoms with Crippen molar-refractivity contribution in [2.45, 2.75) is 50.7 Å². The van der Waals surface area contributed by atoms with Crippen molar-refractivity contribution in [3.63, 3.8) is 0 Å². The number of carbonyl (C=O) groups is 1. The number of halogens is 1. The van der Waals surface area contributed by atoms with Gasteiger partial charge in [0.05, 0.1) is 10.5 Å². The number of nitrogens with one attached hydrogen (secondary N) is 2. The molecule has 0 atom stereocenters. The van der Waals surface area contributed by atoms with Crippen LogP contribution in [0.1, 0.15) is 48.2 Å². The summed E-state index contributed by atoms with van der Waals surface area (Å²) in [6.45, 7) is 7.37. The number of sulfonamides is 1. The maximum atomic E-state index is 12.8. The van der Waals surface area contributed by atoms with E-state index in [-0.39, 0.29) is 16.8 Å². The number of rotatable bonds is 10. The van der Waals surface area contributed by atoms with Gasteiger partial charge in [0.15, 0.2) is 0 Å². The minimum Gasteiger partial charge on any atom is -0.348 e. The topological polar surface area (TPSA) is 78.5 Å². The molecule has 0 spiro atoms. The summed E-state index contributed by atoms with van der Waals surface area (Å²) in [5, 5.41) is 2.93. The number of carbonyl (C=O) groups excluding carboxylic acids is 1. The molecule has 1 aliphatic carbocycles. The molecule has 0 saturated heterocycles. The highest BCUT2D eigenvalue weighted by Crippen LogP contribution is 2.25. The Morgan fingerprint density at radius 1 is 1.10 bits per heavy atom. The SMILES string of the molecule is CCN(CC)Cc1ccccc1CNC(=O)c1cc(S(=O)(=O)NC2CC2)ccc1Br. The molecule has 1 amide bonds. The lowest BCUT2D eigenvalue weighted by Gasteiger charge is -2.20. The van der Waals surface area contributed by atoms with Crippen molar-refractivity contribution in [3.8, 4) is 0 Å². The third-order valence-corrected chi connectivity index (χ3v) is 7.45. The maximum absolute atomic E-state index is 12.8. The third-order valence-electron chi connectivity index (χ3n) is 5.24. The van der Waals surface area contributed by atoms with Gasteiger partial charge < -0.3 is 5.32 Å². The monoisotopic (exact) mass is 493 g/mol. The van der Waals surface area contributed by atoms with Gasteiger partial charge in [-0.05, 0) is 71.2 Å². The lowest BCUT2D eigenvalue weighted by atomic mass is 10.1. The largest absolute Gasteiger partial charge is 0.348 e. The molecule has 30 heavy (non-hydrogen) atoms. The third kappa shape index (κ3) is 5.91. The molecule has 2 aromatic rings. The lowest BCUT2D eigenvalue weighted by molar-refractivity contribution is 0.0949. The zero-order valence-electron chi connectivity index (χ0n) is 17.3. The number of amides is 1. The molecule has 0 aliphatic heterocycles. The molecule has 2 aromatic carbocycles. The van der Waals surface area contributed by atoms with Gasteiger partial charge >= 0.3 is 0 Å². The minimum absolute atomic E-state index is 0.0123. The van der Waals surface area contributed by atoms with Gasteiger partial charge in [-0.3, -0.25) is 9.69 Å². The highest BCUT2D eigenvalue weighted by Gasteiger charge is 2.28. The quantitative estimate of drug-likeness (QED) is 0.529. The molecule has 0 unspecified atom stereocenters. The van der Waals surface area contributed by atoms with E-state index in [9.17, 15) is 13.2 Å². The average Bonchev–Trinajstić information content (AvgIpc) is 3.54. The predicted molar refractivity (Wildman–Crippen MR) is 122 cm³/mol. The van der Waals surface area contributed by atoms with Crippen molar-refractivity contribution in [1.82, 2.24) is 14.9 Å². The van der Waals surface area contributed by atoms with Gasteiger partial charge in [0.2, 0.25) is 10.0 Å². The molecule has 6 nitrogen and oxygen atoms in total. The van der Waals surface area contributed by atoms with E-state index in [0.29, 0.717) is 16.6 Å². The molecule has 0 heterocycles. The second-order valence-electron chi connectivity index (χ2n) is 7.45. The summed E-state index contributed by atoms with van der Waals surface area (Å²) in [6.07, 6.45) is 1.71. The Bertz CT molecular complexity index is 1000. The molecule has 1 fully saturated rings. The van der Waals surface area contributed by atoms with Crippen LogP contribution >= 0.6 is 15.9 Å². The number of hydrogen-bond donors (Lipinski definition) is 2. The van der Waals surface area contributed by atoms with E-state index < -0.39 is 10.0 Å². The van der Waals surface area contributed by atoms with Gasteiger partial charge in [0, 0.05) is 23.6 Å². The van der Waals surface area contributed by atoms with E-state index in [1.807, 2.05) is 18.2 Å². The summed E-state index contributed by atoms with van der Waals surface area (Å²) in [4.78, 5) is 15.3. The van der Waals surface area contributed by atoms with Gasteiger partial charge in [-0.2, -0.15) is 0 Å². The second-order valence-corrected chi connectivity index (χ2v) is 10.0. The summed E-state index contributed by atoms with van der Waals surface area (Å²) >= 11 is 3.37. The zero-order chi connectivity index (χ0) is 21.7. The number of benzene rings is 2. The number of hydrogen-bond acceptors (Lipinski definition) is 4. The smallest absolute Gasteiger partial charge is 0.252 e. The zero-order valence-corrected chi connectivity index (χ0v) is 19.7. The predicted octanol–water partition coefficient (Wildman–Crippen LogP) is 3.66. The first-order valence-corrected chi connectivity index (χ1v) is 12.5. The fourth-order valence-electron chi connectivity index (χ4n) is 3.18. The molecule has 0 bridgehead atoms. The molecule has 2 N–H and O–H groups in total. The Kier molecular flexibility index (Phi) is 7.68. The van der Waals surface area contributed by atoms with Crippen molar-refractivity contribution >= 4 is 31.9 Å². The van der Waals surface area contributed by atoms with E-state index in [2.05, 4.69) is 50.8 Å². The Balaban J connectivity index is 1.73. The fourth-order valence-corrected chi connectivity index (χ4v) is 4.93. The summed E-state index contributed by atoms with van der Waals surface area (Å²) in [5.41, 5.74) is 2.52. The summed E-state index contributed by atoms with van der Waals surface area (Å²) < 4.78 is 28.2. The standard InChI is InChI=1S/C22H28BrN3O3S/c1-3-26(4-2)15-17-8-6-5-7-16(17)14-24-22(27)20-13-19(11-12-21(20)23)30(28,29)25-18-9-10-18/h5-8,11-13,18,25H,3-4,9-10,14-15H2,1-2H3,(H,24,27). The first-order valence-electron chi connectivity index (χ1n) is 10.2. The van der Waals surface area contributed by atoms with Crippen LogP contribution in [0.15, 0.2) is 51.8 Å². The highest BCUT2D eigenvalue weighted by atomic mass is 79.9. The van der Waals surface area contributed by atoms with E-state index in [0.717, 1.165) is 38.0 Å². The Labute approximate surface area is 187 Å². The van der Waals surface area contributed by atoms with Crippen molar-refractivity contribution in [1.29, 1.82) is 0 Å². The van der Waals surface area contributed by atoms with Crippen LogP contribution in [0.4, 0.5) is 0 Å². The van der Waals surface area contributed by atoms with Crippen LogP contribution < -0.4 is 10.0 Å². The molecule has 0 radical (unpaired) electrons. The summed E-state index contributed by atoms with van der Waals surface area (Å²) in [6, 6.07) is 12.6.